The van der Waals surface area contributed by atoms with Crippen molar-refractivity contribution in [1.29, 1.82) is 0 Å². The predicted molar refractivity (Wildman–Crippen MR) is 163 cm³/mol. The van der Waals surface area contributed by atoms with Gasteiger partial charge in [-0.25, -0.2) is 4.39 Å². The number of rotatable bonds is 12. The lowest BCUT2D eigenvalue weighted by atomic mass is 9.44. The van der Waals surface area contributed by atoms with Crippen LogP contribution in [0, 0.1) is 34.5 Å². The van der Waals surface area contributed by atoms with Crippen LogP contribution >= 0.6 is 0 Å². The van der Waals surface area contributed by atoms with E-state index in [1.54, 1.807) is 47.6 Å². The number of ketones is 2. The molecule has 1 N–H and O–H groups in total. The maximum absolute atomic E-state index is 18.6. The number of esters is 3. The third-order valence-corrected chi connectivity index (χ3v) is 11.6. The Labute approximate surface area is 269 Å². The first-order chi connectivity index (χ1) is 21.5. The second-order valence-electron chi connectivity index (χ2n) is 13.8. The van der Waals surface area contributed by atoms with Gasteiger partial charge in [0.25, 0.3) is 0 Å². The molecule has 0 bridgehead atoms. The van der Waals surface area contributed by atoms with Crippen molar-refractivity contribution in [3.05, 3.63) is 23.8 Å². The fourth-order valence-corrected chi connectivity index (χ4v) is 9.12. The zero-order valence-corrected chi connectivity index (χ0v) is 27.7. The highest BCUT2D eigenvalue weighted by atomic mass is 19.1. The van der Waals surface area contributed by atoms with E-state index in [9.17, 15) is 33.9 Å². The van der Waals surface area contributed by atoms with Crippen LogP contribution in [0.3, 0.4) is 0 Å². The molecule has 254 valence electrons. The molecule has 0 aliphatic heterocycles. The van der Waals surface area contributed by atoms with Gasteiger partial charge in [0.2, 0.25) is 5.78 Å². The lowest BCUT2D eigenvalue weighted by molar-refractivity contribution is -0.237. The zero-order chi connectivity index (χ0) is 34.2. The number of Topliss-reactive ketones (excluding diaryl/α,β-unsaturated/α-hetero) is 1. The summed E-state index contributed by atoms with van der Waals surface area (Å²) in [5, 5.41) is 9.24. The Morgan fingerprint density at radius 3 is 2.35 bits per heavy atom. The highest BCUT2D eigenvalue weighted by molar-refractivity contribution is 6.01. The summed E-state index contributed by atoms with van der Waals surface area (Å²) in [5.41, 5.74) is -5.95. The number of carbonyl (C=O) groups is 6. The third-order valence-electron chi connectivity index (χ3n) is 11.6. The summed E-state index contributed by atoms with van der Waals surface area (Å²) in [6, 6.07) is 0. The van der Waals surface area contributed by atoms with Gasteiger partial charge in [0.05, 0.1) is 5.92 Å². The van der Waals surface area contributed by atoms with Gasteiger partial charge in [-0.05, 0) is 63.5 Å². The minimum absolute atomic E-state index is 0.00713. The molecular formula is C35H47FO10. The van der Waals surface area contributed by atoms with Crippen LogP contribution in [0.1, 0.15) is 99.3 Å². The number of halogens is 1. The van der Waals surface area contributed by atoms with Crippen LogP contribution in [0.2, 0.25) is 0 Å². The van der Waals surface area contributed by atoms with Crippen molar-refractivity contribution in [2.24, 2.45) is 34.5 Å². The second kappa shape index (κ2) is 13.0. The Hall–Kier alpha value is -3.37. The highest BCUT2D eigenvalue weighted by Crippen LogP contribution is 2.72. The number of carbonyl (C=O) groups excluding carboxylic acids is 5. The van der Waals surface area contributed by atoms with Crippen molar-refractivity contribution >= 4 is 35.4 Å². The van der Waals surface area contributed by atoms with Crippen molar-refractivity contribution in [3.8, 4) is 0 Å². The van der Waals surface area contributed by atoms with Gasteiger partial charge >= 0.3 is 23.9 Å². The number of carboxylic acids is 1. The molecule has 2 unspecified atom stereocenters. The molecule has 0 saturated heterocycles. The Kier molecular flexibility index (Phi) is 10.0. The van der Waals surface area contributed by atoms with E-state index < -0.39 is 88.1 Å². The molecule has 0 aromatic carbocycles. The van der Waals surface area contributed by atoms with E-state index >= 15 is 4.39 Å². The van der Waals surface area contributed by atoms with Gasteiger partial charge in [-0.15, -0.1) is 0 Å². The molecule has 9 atom stereocenters. The van der Waals surface area contributed by atoms with Crippen LogP contribution in [0.25, 0.3) is 0 Å². The summed E-state index contributed by atoms with van der Waals surface area (Å²) in [6.07, 6.45) is 3.76. The van der Waals surface area contributed by atoms with Crippen LogP contribution < -0.4 is 0 Å². The Balaban J connectivity index is 1.87. The molecule has 46 heavy (non-hydrogen) atoms. The number of ether oxygens (including phenoxy) is 3. The van der Waals surface area contributed by atoms with Crippen LogP contribution in [0.5, 0.6) is 0 Å². The Morgan fingerprint density at radius 2 is 1.74 bits per heavy atom. The maximum Gasteiger partial charge on any atom is 0.309 e. The molecule has 0 aromatic heterocycles. The molecule has 4 aliphatic carbocycles. The van der Waals surface area contributed by atoms with Crippen molar-refractivity contribution in [3.63, 3.8) is 0 Å². The number of hydrogen-bond donors (Lipinski definition) is 1. The maximum atomic E-state index is 18.6. The quantitative estimate of drug-likeness (QED) is 0.220. The van der Waals surface area contributed by atoms with E-state index in [1.807, 2.05) is 0 Å². The van der Waals surface area contributed by atoms with Gasteiger partial charge in [0, 0.05) is 41.9 Å². The normalized spacial score (nSPS) is 36.8. The predicted octanol–water partition coefficient (Wildman–Crippen LogP) is 5.26. The average molecular weight is 647 g/mol. The fraction of sp³-hybridized carbons (Fsp3) is 0.714. The van der Waals surface area contributed by atoms with E-state index in [-0.39, 0.29) is 44.3 Å². The summed E-state index contributed by atoms with van der Waals surface area (Å²) < 4.78 is 36.1. The van der Waals surface area contributed by atoms with Crippen molar-refractivity contribution < 1.29 is 52.5 Å². The van der Waals surface area contributed by atoms with E-state index in [0.29, 0.717) is 24.8 Å². The molecule has 0 radical (unpaired) electrons. The van der Waals surface area contributed by atoms with Gasteiger partial charge in [0.15, 0.2) is 23.7 Å². The second-order valence-corrected chi connectivity index (χ2v) is 13.8. The first kappa shape index (κ1) is 35.5. The molecule has 0 amide bonds. The summed E-state index contributed by atoms with van der Waals surface area (Å²) in [6.45, 7) is 9.55. The van der Waals surface area contributed by atoms with Gasteiger partial charge < -0.3 is 19.3 Å². The SMILES string of the molecule is CCC(=O)OCC(=O)[C@@]1(OC(=O)CC)[C@@H](C)C[C@H]2[C@@H]3CCC4=CC(=O)C=C[C@]4(C)C3(F)[C@@H](OC(=O)C(CC)CCC(=O)O)C[C@@]21C. The zero-order valence-electron chi connectivity index (χ0n) is 27.7. The van der Waals surface area contributed by atoms with Gasteiger partial charge in [-0.3, -0.25) is 28.8 Å². The topological polar surface area (TPSA) is 150 Å². The van der Waals surface area contributed by atoms with E-state index in [4.69, 9.17) is 14.2 Å². The summed E-state index contributed by atoms with van der Waals surface area (Å²) >= 11 is 0. The minimum atomic E-state index is -2.21. The summed E-state index contributed by atoms with van der Waals surface area (Å²) in [4.78, 5) is 76.7. The molecule has 4 aliphatic rings. The van der Waals surface area contributed by atoms with E-state index in [1.165, 1.54) is 12.2 Å². The van der Waals surface area contributed by atoms with Crippen LogP contribution in [-0.4, -0.2) is 64.5 Å². The molecular weight excluding hydrogens is 599 g/mol. The first-order valence-electron chi connectivity index (χ1n) is 16.5. The molecule has 10 nitrogen and oxygen atoms in total. The lowest BCUT2D eigenvalue weighted by Crippen LogP contribution is -2.70. The first-order valence-corrected chi connectivity index (χ1v) is 16.5. The van der Waals surface area contributed by atoms with Gasteiger partial charge in [0.1, 0.15) is 6.10 Å². The molecule has 0 heterocycles. The average Bonchev–Trinajstić information content (AvgIpc) is 3.22. The van der Waals surface area contributed by atoms with E-state index in [0.717, 1.165) is 0 Å². The number of allylic oxidation sites excluding steroid dienone is 4. The Bertz CT molecular complexity index is 1350. The van der Waals surface area contributed by atoms with Gasteiger partial charge in [-0.2, -0.15) is 0 Å². The molecule has 3 saturated carbocycles. The van der Waals surface area contributed by atoms with Crippen molar-refractivity contribution in [2.75, 3.05) is 6.61 Å². The minimum Gasteiger partial charge on any atom is -0.481 e. The molecule has 3 fully saturated rings. The highest BCUT2D eigenvalue weighted by Gasteiger charge is 2.78. The van der Waals surface area contributed by atoms with Crippen LogP contribution in [0.4, 0.5) is 4.39 Å². The molecule has 11 heteroatoms. The monoisotopic (exact) mass is 646 g/mol. The smallest absolute Gasteiger partial charge is 0.309 e. The number of alkyl halides is 1. The standard InChI is InChI=1S/C35H47FO10/c1-7-21(10-13-28(39)40)31(43)45-27-18-33(6)25(24-12-11-22-17-23(37)14-15-32(22,5)34(24,27)36)16-20(4)35(33,46-30(42)9-3)26(38)19-44-29(41)8-2/h14-15,17,20-21,24-25,27H,7-13,16,18-19H2,1-6H3,(H,39,40)/t20-,21?,24-,25-,27-,32-,33-,34?,35-/m0/s1. The largest absolute Gasteiger partial charge is 0.481 e. The fourth-order valence-electron chi connectivity index (χ4n) is 9.12. The number of fused-ring (bicyclic) bond motifs is 5. The number of aliphatic carboxylic acids is 1. The van der Waals surface area contributed by atoms with E-state index in [2.05, 4.69) is 0 Å². The lowest BCUT2D eigenvalue weighted by Gasteiger charge is -2.63. The van der Waals surface area contributed by atoms with Crippen LogP contribution in [-0.2, 0) is 43.0 Å². The van der Waals surface area contributed by atoms with Crippen molar-refractivity contribution in [2.45, 2.75) is 117 Å². The number of carboxylic acid groups (broad SMARTS) is 1. The molecule has 0 aromatic rings. The molecule has 0 spiro atoms. The summed E-state index contributed by atoms with van der Waals surface area (Å²) in [7, 11) is 0. The number of hydrogen-bond acceptors (Lipinski definition) is 9. The molecule has 4 rings (SSSR count). The third kappa shape index (κ3) is 5.51. The summed E-state index contributed by atoms with van der Waals surface area (Å²) in [5.74, 6) is -6.57. The van der Waals surface area contributed by atoms with Crippen LogP contribution in [0.15, 0.2) is 23.8 Å². The Morgan fingerprint density at radius 1 is 1.07 bits per heavy atom. The van der Waals surface area contributed by atoms with Crippen molar-refractivity contribution in [1.82, 2.24) is 0 Å². The van der Waals surface area contributed by atoms with Gasteiger partial charge in [-0.1, -0.05) is 46.3 Å².